The summed E-state index contributed by atoms with van der Waals surface area (Å²) in [6, 6.07) is -1.07. The Balaban J connectivity index is 2.06. The lowest BCUT2D eigenvalue weighted by Crippen LogP contribution is -2.49. The Labute approximate surface area is 111 Å². The van der Waals surface area contributed by atoms with E-state index in [-0.39, 0.29) is 18.5 Å². The summed E-state index contributed by atoms with van der Waals surface area (Å²) in [6.45, 7) is 1.62. The van der Waals surface area contributed by atoms with Crippen LogP contribution in [-0.2, 0) is 9.59 Å². The number of aliphatic carboxylic acids is 1. The van der Waals surface area contributed by atoms with E-state index in [0.29, 0.717) is 32.5 Å². The Morgan fingerprint density at radius 2 is 1.95 bits per heavy atom. The summed E-state index contributed by atoms with van der Waals surface area (Å²) in [4.78, 5) is 39.6. The third-order valence-electron chi connectivity index (χ3n) is 3.73. The Bertz CT molecular complexity index is 398. The largest absolute Gasteiger partial charge is 0.480 e. The number of carbonyl (C=O) groups is 3. The van der Waals surface area contributed by atoms with Crippen LogP contribution in [0.15, 0.2) is 0 Å². The quantitative estimate of drug-likeness (QED) is 0.716. The number of likely N-dealkylation sites (tertiary alicyclic amines) is 1. The fourth-order valence-electron chi connectivity index (χ4n) is 2.58. The first-order valence-electron chi connectivity index (χ1n) is 6.53. The van der Waals surface area contributed by atoms with Gasteiger partial charge in [-0.2, -0.15) is 0 Å². The van der Waals surface area contributed by atoms with E-state index >= 15 is 0 Å². The Morgan fingerprint density at radius 3 is 2.63 bits per heavy atom. The van der Waals surface area contributed by atoms with Gasteiger partial charge in [0.15, 0.2) is 0 Å². The molecule has 0 saturated carbocycles. The van der Waals surface area contributed by atoms with Crippen molar-refractivity contribution >= 4 is 17.9 Å². The average molecular weight is 269 g/mol. The molecule has 0 aromatic rings. The molecule has 0 unspecified atom stereocenters. The molecule has 0 aromatic carbocycles. The van der Waals surface area contributed by atoms with Crippen LogP contribution < -0.4 is 0 Å². The van der Waals surface area contributed by atoms with Crippen molar-refractivity contribution in [3.63, 3.8) is 0 Å². The van der Waals surface area contributed by atoms with Gasteiger partial charge in [-0.3, -0.25) is 4.79 Å². The molecule has 2 saturated heterocycles. The lowest BCUT2D eigenvalue weighted by molar-refractivity contribution is -0.141. The topological polar surface area (TPSA) is 81.2 Å². The van der Waals surface area contributed by atoms with E-state index in [1.807, 2.05) is 0 Å². The number of carboxylic acid groups (broad SMARTS) is 1. The molecule has 1 atom stereocenters. The minimum absolute atomic E-state index is 0.0399. The van der Waals surface area contributed by atoms with Crippen molar-refractivity contribution in [3.8, 4) is 0 Å². The van der Waals surface area contributed by atoms with Crippen LogP contribution in [0.2, 0.25) is 0 Å². The number of carbonyl (C=O) groups excluding carboxylic acids is 2. The maximum atomic E-state index is 12.3. The van der Waals surface area contributed by atoms with E-state index in [1.165, 1.54) is 9.80 Å². The van der Waals surface area contributed by atoms with Crippen LogP contribution in [0.1, 0.15) is 19.3 Å². The molecule has 19 heavy (non-hydrogen) atoms. The number of carboxylic acids is 1. The molecule has 0 radical (unpaired) electrons. The van der Waals surface area contributed by atoms with Gasteiger partial charge in [0.25, 0.3) is 0 Å². The number of nitrogens with zero attached hydrogens (tertiary/aromatic N) is 3. The highest BCUT2D eigenvalue weighted by Gasteiger charge is 2.37. The highest BCUT2D eigenvalue weighted by Crippen LogP contribution is 2.20. The van der Waals surface area contributed by atoms with Crippen molar-refractivity contribution in [2.45, 2.75) is 25.3 Å². The van der Waals surface area contributed by atoms with Crippen molar-refractivity contribution in [1.29, 1.82) is 0 Å². The first-order valence-corrected chi connectivity index (χ1v) is 6.53. The summed E-state index contributed by atoms with van der Waals surface area (Å²) in [5, 5.41) is 9.09. The van der Waals surface area contributed by atoms with Crippen molar-refractivity contribution in [2.75, 3.05) is 33.2 Å². The molecule has 106 valence electrons. The molecule has 2 rings (SSSR count). The molecule has 0 aliphatic carbocycles. The van der Waals surface area contributed by atoms with Crippen molar-refractivity contribution in [2.24, 2.45) is 0 Å². The highest BCUT2D eigenvalue weighted by molar-refractivity contribution is 5.87. The zero-order valence-corrected chi connectivity index (χ0v) is 11.0. The van der Waals surface area contributed by atoms with E-state index in [4.69, 9.17) is 5.11 Å². The zero-order valence-electron chi connectivity index (χ0n) is 11.0. The summed E-state index contributed by atoms with van der Waals surface area (Å²) >= 11 is 0. The predicted octanol–water partition coefficient (Wildman–Crippen LogP) is -0.180. The van der Waals surface area contributed by atoms with Crippen LogP contribution in [0.3, 0.4) is 0 Å². The molecule has 7 heteroatoms. The van der Waals surface area contributed by atoms with Gasteiger partial charge < -0.3 is 19.8 Å². The first kappa shape index (κ1) is 13.6. The SMILES string of the molecule is CN1CCCN(C(=O)N2CCC[C@H]2C(=O)O)CC1=O. The van der Waals surface area contributed by atoms with Gasteiger partial charge in [0.2, 0.25) is 5.91 Å². The molecular weight excluding hydrogens is 250 g/mol. The summed E-state index contributed by atoms with van der Waals surface area (Å²) in [7, 11) is 1.71. The lowest BCUT2D eigenvalue weighted by atomic mass is 10.2. The molecule has 2 aliphatic rings. The number of amides is 3. The first-order chi connectivity index (χ1) is 9.00. The summed E-state index contributed by atoms with van der Waals surface area (Å²) < 4.78 is 0. The minimum atomic E-state index is -0.968. The smallest absolute Gasteiger partial charge is 0.326 e. The van der Waals surface area contributed by atoms with Crippen molar-refractivity contribution in [3.05, 3.63) is 0 Å². The molecule has 2 heterocycles. The van der Waals surface area contributed by atoms with Gasteiger partial charge >= 0.3 is 12.0 Å². The van der Waals surface area contributed by atoms with Crippen molar-refractivity contribution < 1.29 is 19.5 Å². The second kappa shape index (κ2) is 5.46. The Morgan fingerprint density at radius 1 is 1.21 bits per heavy atom. The van der Waals surface area contributed by atoms with Gasteiger partial charge in [0, 0.05) is 26.7 Å². The number of hydrogen-bond donors (Lipinski definition) is 1. The maximum Gasteiger partial charge on any atom is 0.326 e. The fourth-order valence-corrected chi connectivity index (χ4v) is 2.58. The monoisotopic (exact) mass is 269 g/mol. The molecule has 2 fully saturated rings. The molecule has 3 amide bonds. The van der Waals surface area contributed by atoms with Crippen LogP contribution in [0, 0.1) is 0 Å². The van der Waals surface area contributed by atoms with E-state index in [0.717, 1.165) is 6.42 Å². The number of hydrogen-bond acceptors (Lipinski definition) is 3. The number of urea groups is 1. The minimum Gasteiger partial charge on any atom is -0.480 e. The third-order valence-corrected chi connectivity index (χ3v) is 3.73. The summed E-state index contributed by atoms with van der Waals surface area (Å²) in [6.07, 6.45) is 1.91. The highest BCUT2D eigenvalue weighted by atomic mass is 16.4. The average Bonchev–Trinajstić information content (AvgIpc) is 2.79. The molecule has 0 bridgehead atoms. The van der Waals surface area contributed by atoms with E-state index < -0.39 is 12.0 Å². The van der Waals surface area contributed by atoms with Gasteiger partial charge in [0.1, 0.15) is 12.6 Å². The Hall–Kier alpha value is -1.79. The van der Waals surface area contributed by atoms with Gasteiger partial charge in [0.05, 0.1) is 0 Å². The number of likely N-dealkylation sites (N-methyl/N-ethyl adjacent to an activating group) is 1. The second-order valence-corrected chi connectivity index (χ2v) is 5.06. The second-order valence-electron chi connectivity index (χ2n) is 5.06. The van der Waals surface area contributed by atoms with E-state index in [9.17, 15) is 14.4 Å². The van der Waals surface area contributed by atoms with Gasteiger partial charge in [-0.25, -0.2) is 9.59 Å². The Kier molecular flexibility index (Phi) is 3.92. The lowest BCUT2D eigenvalue weighted by Gasteiger charge is -2.28. The molecule has 2 aliphatic heterocycles. The van der Waals surface area contributed by atoms with Gasteiger partial charge in [-0.05, 0) is 19.3 Å². The summed E-state index contributed by atoms with van der Waals surface area (Å²) in [5.74, 6) is -1.07. The number of rotatable bonds is 1. The van der Waals surface area contributed by atoms with Crippen molar-refractivity contribution in [1.82, 2.24) is 14.7 Å². The zero-order chi connectivity index (χ0) is 14.0. The van der Waals surface area contributed by atoms with Crippen LogP contribution in [0.4, 0.5) is 4.79 Å². The van der Waals surface area contributed by atoms with Gasteiger partial charge in [-0.1, -0.05) is 0 Å². The van der Waals surface area contributed by atoms with Crippen LogP contribution in [-0.4, -0.2) is 77.0 Å². The molecule has 0 aromatic heterocycles. The fraction of sp³-hybridized carbons (Fsp3) is 0.750. The molecule has 7 nitrogen and oxygen atoms in total. The van der Waals surface area contributed by atoms with Gasteiger partial charge in [-0.15, -0.1) is 0 Å². The summed E-state index contributed by atoms with van der Waals surface area (Å²) in [5.41, 5.74) is 0. The van der Waals surface area contributed by atoms with Crippen LogP contribution in [0.25, 0.3) is 0 Å². The van der Waals surface area contributed by atoms with Crippen LogP contribution >= 0.6 is 0 Å². The molecule has 1 N–H and O–H groups in total. The molecular formula is C12H19N3O4. The predicted molar refractivity (Wildman–Crippen MR) is 66.6 cm³/mol. The molecule has 0 spiro atoms. The maximum absolute atomic E-state index is 12.3. The standard InChI is InChI=1S/C12H19N3O4/c1-13-5-3-6-14(8-10(13)16)12(19)15-7-2-4-9(15)11(17)18/h9H,2-8H2,1H3,(H,17,18)/t9-/m0/s1. The third kappa shape index (κ3) is 2.80. The van der Waals surface area contributed by atoms with E-state index in [1.54, 1.807) is 11.9 Å². The van der Waals surface area contributed by atoms with E-state index in [2.05, 4.69) is 0 Å². The van der Waals surface area contributed by atoms with Crippen LogP contribution in [0.5, 0.6) is 0 Å². The normalized spacial score (nSPS) is 24.6.